The van der Waals surface area contributed by atoms with Crippen LogP contribution in [0.1, 0.15) is 76.2 Å². The predicted molar refractivity (Wildman–Crippen MR) is 126 cm³/mol. The second kappa shape index (κ2) is 13.1. The zero-order valence-electron chi connectivity index (χ0n) is 19.8. The molecule has 1 aliphatic heterocycles. The number of hydrogen-bond acceptors (Lipinski definition) is 5. The van der Waals surface area contributed by atoms with Crippen molar-refractivity contribution in [2.45, 2.75) is 89.9 Å². The van der Waals surface area contributed by atoms with Gasteiger partial charge in [0.1, 0.15) is 12.2 Å². The van der Waals surface area contributed by atoms with Crippen LogP contribution in [0.2, 0.25) is 0 Å². The highest BCUT2D eigenvalue weighted by molar-refractivity contribution is 5.85. The molecule has 8 nitrogen and oxygen atoms in total. The molecule has 3 rings (SSSR count). The minimum atomic E-state index is -1.35. The van der Waals surface area contributed by atoms with E-state index in [0.717, 1.165) is 16.9 Å². The van der Waals surface area contributed by atoms with Gasteiger partial charge in [0.05, 0.1) is 13.1 Å². The number of benzene rings is 1. The van der Waals surface area contributed by atoms with Gasteiger partial charge in [-0.2, -0.15) is 4.98 Å². The molecule has 2 aromatic rings. The summed E-state index contributed by atoms with van der Waals surface area (Å²) < 4.78 is 18.8. The van der Waals surface area contributed by atoms with E-state index in [-0.39, 0.29) is 25.4 Å². The lowest BCUT2D eigenvalue weighted by Gasteiger charge is -2.19. The van der Waals surface area contributed by atoms with Crippen molar-refractivity contribution in [3.63, 3.8) is 0 Å². The summed E-state index contributed by atoms with van der Waals surface area (Å²) in [6.45, 7) is 1.89. The molecule has 34 heavy (non-hydrogen) atoms. The molecule has 2 heterocycles. The normalized spacial score (nSPS) is 17.8. The molecule has 1 fully saturated rings. The molecule has 0 radical (unpaired) electrons. The van der Waals surface area contributed by atoms with E-state index in [2.05, 4.69) is 34.5 Å². The lowest BCUT2D eigenvalue weighted by Crippen LogP contribution is -2.45. The first-order valence-corrected chi connectivity index (χ1v) is 12.3. The van der Waals surface area contributed by atoms with Gasteiger partial charge in [0.2, 0.25) is 17.6 Å². The zero-order chi connectivity index (χ0) is 24.3. The Morgan fingerprint density at radius 3 is 2.47 bits per heavy atom. The van der Waals surface area contributed by atoms with Crippen molar-refractivity contribution < 1.29 is 23.6 Å². The summed E-state index contributed by atoms with van der Waals surface area (Å²) in [5.41, 5.74) is 2.09. The lowest BCUT2D eigenvalue weighted by molar-refractivity contribution is -0.125. The van der Waals surface area contributed by atoms with Gasteiger partial charge in [-0.15, -0.1) is 0 Å². The third-order valence-electron chi connectivity index (χ3n) is 6.21. The molecule has 1 saturated heterocycles. The van der Waals surface area contributed by atoms with E-state index < -0.39 is 24.2 Å². The summed E-state index contributed by atoms with van der Waals surface area (Å²) in [6.07, 6.45) is 8.63. The number of carbonyl (C=O) groups is 2. The van der Waals surface area contributed by atoms with Crippen LogP contribution in [0.3, 0.4) is 0 Å². The van der Waals surface area contributed by atoms with E-state index in [4.69, 9.17) is 9.63 Å². The molecule has 1 aromatic carbocycles. The molecule has 186 valence electrons. The number of aryl methyl sites for hydroxylation is 1. The van der Waals surface area contributed by atoms with Crippen LogP contribution in [0, 0.1) is 0 Å². The van der Waals surface area contributed by atoms with Crippen molar-refractivity contribution in [2.24, 2.45) is 0 Å². The zero-order valence-corrected chi connectivity index (χ0v) is 19.8. The largest absolute Gasteiger partial charge is 0.465 e. The average Bonchev–Trinajstić information content (AvgIpc) is 3.46. The van der Waals surface area contributed by atoms with Crippen LogP contribution in [-0.4, -0.2) is 50.9 Å². The van der Waals surface area contributed by atoms with Gasteiger partial charge in [0.25, 0.3) is 0 Å². The van der Waals surface area contributed by atoms with Gasteiger partial charge < -0.3 is 14.9 Å². The Morgan fingerprint density at radius 1 is 1.12 bits per heavy atom. The summed E-state index contributed by atoms with van der Waals surface area (Å²) in [6, 6.07) is 7.00. The van der Waals surface area contributed by atoms with Gasteiger partial charge in [0.15, 0.2) is 0 Å². The maximum atomic E-state index is 13.6. The maximum absolute atomic E-state index is 13.6. The quantitative estimate of drug-likeness (QED) is 0.390. The number of halogens is 1. The van der Waals surface area contributed by atoms with Crippen LogP contribution in [0.25, 0.3) is 11.4 Å². The molecule has 2 amide bonds. The molecule has 0 saturated carbocycles. The molecular weight excluding hydrogens is 439 g/mol. The monoisotopic (exact) mass is 474 g/mol. The summed E-state index contributed by atoms with van der Waals surface area (Å²) >= 11 is 0. The molecule has 0 unspecified atom stereocenters. The van der Waals surface area contributed by atoms with Crippen molar-refractivity contribution in [3.05, 3.63) is 35.7 Å². The minimum Gasteiger partial charge on any atom is -0.465 e. The Balaban J connectivity index is 1.41. The molecular formula is C25H35FN4O4. The number of nitrogens with zero attached hydrogens (tertiary/aromatic N) is 3. The number of likely N-dealkylation sites (tertiary alicyclic amines) is 1. The van der Waals surface area contributed by atoms with Crippen molar-refractivity contribution in [1.82, 2.24) is 20.4 Å². The van der Waals surface area contributed by atoms with Gasteiger partial charge in [-0.1, -0.05) is 81.3 Å². The van der Waals surface area contributed by atoms with Crippen molar-refractivity contribution in [2.75, 3.05) is 6.54 Å². The molecule has 0 bridgehead atoms. The van der Waals surface area contributed by atoms with Crippen LogP contribution in [0.5, 0.6) is 0 Å². The fourth-order valence-corrected chi connectivity index (χ4v) is 4.25. The number of alkyl halides is 1. The first-order valence-electron chi connectivity index (χ1n) is 12.3. The Labute approximate surface area is 199 Å². The first-order chi connectivity index (χ1) is 16.5. The van der Waals surface area contributed by atoms with E-state index in [1.807, 2.05) is 12.1 Å². The van der Waals surface area contributed by atoms with Crippen LogP contribution >= 0.6 is 0 Å². The van der Waals surface area contributed by atoms with E-state index >= 15 is 0 Å². The van der Waals surface area contributed by atoms with Crippen molar-refractivity contribution >= 4 is 12.0 Å². The Hall–Kier alpha value is -2.97. The van der Waals surface area contributed by atoms with Crippen LogP contribution in [-0.2, 0) is 17.8 Å². The molecule has 1 aliphatic rings. The Morgan fingerprint density at radius 2 is 1.79 bits per heavy atom. The molecule has 1 aromatic heterocycles. The third kappa shape index (κ3) is 7.53. The van der Waals surface area contributed by atoms with Crippen LogP contribution < -0.4 is 5.32 Å². The first kappa shape index (κ1) is 25.6. The highest BCUT2D eigenvalue weighted by Crippen LogP contribution is 2.21. The predicted octanol–water partition coefficient (Wildman–Crippen LogP) is 5.13. The number of aromatic nitrogens is 2. The Bertz CT molecular complexity index is 918. The molecule has 0 spiro atoms. The fraction of sp³-hybridized carbons (Fsp3) is 0.600. The third-order valence-corrected chi connectivity index (χ3v) is 6.21. The number of rotatable bonds is 13. The van der Waals surface area contributed by atoms with E-state index in [9.17, 15) is 14.0 Å². The SMILES string of the molecule is CCCCCCCCCCc1ccc(-c2noc(CNC(=O)[C@@H]3C[C@@H](F)CN3C(=O)O)n2)cc1. The van der Waals surface area contributed by atoms with E-state index in [1.54, 1.807) is 0 Å². The average molecular weight is 475 g/mol. The number of carbonyl (C=O) groups excluding carboxylic acids is 1. The van der Waals surface area contributed by atoms with Gasteiger partial charge in [-0.05, 0) is 18.4 Å². The Kier molecular flexibility index (Phi) is 9.85. The maximum Gasteiger partial charge on any atom is 0.408 e. The lowest BCUT2D eigenvalue weighted by atomic mass is 10.0. The number of hydrogen-bond donors (Lipinski definition) is 2. The number of nitrogens with one attached hydrogen (secondary N) is 1. The summed E-state index contributed by atoms with van der Waals surface area (Å²) in [5.74, 6) is 0.0374. The van der Waals surface area contributed by atoms with Crippen molar-refractivity contribution in [1.29, 1.82) is 0 Å². The van der Waals surface area contributed by atoms with E-state index in [0.29, 0.717) is 5.82 Å². The van der Waals surface area contributed by atoms with Crippen LogP contribution in [0.4, 0.5) is 9.18 Å². The molecule has 0 aliphatic carbocycles. The van der Waals surface area contributed by atoms with Gasteiger partial charge in [-0.25, -0.2) is 9.18 Å². The van der Waals surface area contributed by atoms with Gasteiger partial charge >= 0.3 is 6.09 Å². The molecule has 9 heteroatoms. The summed E-state index contributed by atoms with van der Waals surface area (Å²) in [4.78, 5) is 28.6. The van der Waals surface area contributed by atoms with Gasteiger partial charge in [-0.3, -0.25) is 9.69 Å². The second-order valence-corrected chi connectivity index (χ2v) is 8.94. The number of amides is 2. The summed E-state index contributed by atoms with van der Waals surface area (Å²) in [7, 11) is 0. The van der Waals surface area contributed by atoms with Crippen LogP contribution in [0.15, 0.2) is 28.8 Å². The standard InChI is InChI=1S/C25H35FN4O4/c1-2-3-4-5-6-7-8-9-10-18-11-13-19(14-12-18)23-28-22(34-29-23)16-27-24(31)21-15-20(26)17-30(21)25(32)33/h11-14,20-21H,2-10,15-17H2,1H3,(H,27,31)(H,32,33)/t20-,21+/m1/s1. The molecule has 2 N–H and O–H groups in total. The summed E-state index contributed by atoms with van der Waals surface area (Å²) in [5, 5.41) is 15.7. The topological polar surface area (TPSA) is 109 Å². The number of unbranched alkanes of at least 4 members (excludes halogenated alkanes) is 7. The fourth-order valence-electron chi connectivity index (χ4n) is 4.25. The smallest absolute Gasteiger partial charge is 0.408 e. The second-order valence-electron chi connectivity index (χ2n) is 8.94. The van der Waals surface area contributed by atoms with E-state index in [1.165, 1.54) is 56.9 Å². The van der Waals surface area contributed by atoms with Crippen molar-refractivity contribution in [3.8, 4) is 11.4 Å². The van der Waals surface area contributed by atoms with Gasteiger partial charge in [0, 0.05) is 12.0 Å². The number of carboxylic acid groups (broad SMARTS) is 1. The minimum absolute atomic E-state index is 0.0523. The highest BCUT2D eigenvalue weighted by Gasteiger charge is 2.39. The molecule has 2 atom stereocenters. The highest BCUT2D eigenvalue weighted by atomic mass is 19.1.